The van der Waals surface area contributed by atoms with Crippen LogP contribution in [0.5, 0.6) is 5.75 Å². The fourth-order valence-corrected chi connectivity index (χ4v) is 2.58. The van der Waals surface area contributed by atoms with Gasteiger partial charge in [-0.25, -0.2) is 8.78 Å². The summed E-state index contributed by atoms with van der Waals surface area (Å²) in [6.45, 7) is 0. The number of halogens is 2. The lowest BCUT2D eigenvalue weighted by Gasteiger charge is -2.15. The van der Waals surface area contributed by atoms with E-state index in [4.69, 9.17) is 4.74 Å². The molecule has 0 saturated heterocycles. The summed E-state index contributed by atoms with van der Waals surface area (Å²) in [7, 11) is 1.40. The van der Waals surface area contributed by atoms with Gasteiger partial charge in [0.2, 0.25) is 0 Å². The first kappa shape index (κ1) is 13.7. The van der Waals surface area contributed by atoms with Crippen LogP contribution in [0.2, 0.25) is 0 Å². The van der Waals surface area contributed by atoms with Gasteiger partial charge in [-0.05, 0) is 53.6 Å². The molecule has 21 heavy (non-hydrogen) atoms. The molecule has 3 rings (SSSR count). The number of methoxy groups -OCH3 is 1. The number of hydrogen-bond donors (Lipinski definition) is 0. The maximum absolute atomic E-state index is 14.7. The average Bonchev–Trinajstić information content (AvgIpc) is 3.31. The third-order valence-corrected chi connectivity index (χ3v) is 3.78. The molecule has 0 amide bonds. The maximum atomic E-state index is 14.7. The molecule has 0 aromatic heterocycles. The number of hydrogen-bond acceptors (Lipinski definition) is 2. The molecule has 2 aromatic rings. The highest BCUT2D eigenvalue weighted by atomic mass is 19.1. The van der Waals surface area contributed by atoms with Gasteiger partial charge in [-0.1, -0.05) is 12.1 Å². The van der Waals surface area contributed by atoms with Crippen LogP contribution in [0, 0.1) is 11.6 Å². The summed E-state index contributed by atoms with van der Waals surface area (Å²) in [5.41, 5.74) is 1.86. The Bertz CT molecular complexity index is 689. The lowest BCUT2D eigenvalue weighted by atomic mass is 9.93. The Balaban J connectivity index is 2.25. The van der Waals surface area contributed by atoms with E-state index < -0.39 is 5.82 Å². The molecule has 0 radical (unpaired) electrons. The Kier molecular flexibility index (Phi) is 3.45. The number of ether oxygens (including phenoxy) is 1. The molecule has 1 aliphatic rings. The van der Waals surface area contributed by atoms with Crippen LogP contribution in [0.15, 0.2) is 30.3 Å². The Labute approximate surface area is 121 Å². The molecule has 2 nitrogen and oxygen atoms in total. The van der Waals surface area contributed by atoms with Crippen molar-refractivity contribution in [1.29, 1.82) is 0 Å². The molecule has 0 heterocycles. The third-order valence-electron chi connectivity index (χ3n) is 3.78. The van der Waals surface area contributed by atoms with Gasteiger partial charge in [0.15, 0.2) is 6.29 Å². The van der Waals surface area contributed by atoms with Gasteiger partial charge in [-0.15, -0.1) is 0 Å². The minimum absolute atomic E-state index is 0.0507. The normalized spacial score (nSPS) is 14.0. The Morgan fingerprint density at radius 1 is 1.19 bits per heavy atom. The summed E-state index contributed by atoms with van der Waals surface area (Å²) >= 11 is 0. The van der Waals surface area contributed by atoms with Gasteiger partial charge in [0, 0.05) is 0 Å². The molecule has 1 aliphatic carbocycles. The van der Waals surface area contributed by atoms with Crippen molar-refractivity contribution in [2.24, 2.45) is 0 Å². The third kappa shape index (κ3) is 2.42. The van der Waals surface area contributed by atoms with Crippen molar-refractivity contribution >= 4 is 6.29 Å². The summed E-state index contributed by atoms with van der Waals surface area (Å²) in [4.78, 5) is 11.1. The second kappa shape index (κ2) is 5.28. The number of benzene rings is 2. The van der Waals surface area contributed by atoms with Gasteiger partial charge in [0.1, 0.15) is 17.4 Å². The first-order chi connectivity index (χ1) is 10.2. The van der Waals surface area contributed by atoms with E-state index in [-0.39, 0.29) is 23.0 Å². The molecule has 0 aliphatic heterocycles. The maximum Gasteiger partial charge on any atom is 0.156 e. The standard InChI is InChI=1S/C17H14F2O2/c1-21-15-8-13(10-4-6-12(18)7-5-10)16(11-2-3-11)17(19)14(15)9-20/h4-9,11H,2-3H2,1H3. The largest absolute Gasteiger partial charge is 0.496 e. The van der Waals surface area contributed by atoms with Gasteiger partial charge < -0.3 is 4.74 Å². The molecule has 1 fully saturated rings. The van der Waals surface area contributed by atoms with Crippen LogP contribution in [0.3, 0.4) is 0 Å². The highest BCUT2D eigenvalue weighted by Crippen LogP contribution is 2.47. The molecule has 0 bridgehead atoms. The fourth-order valence-electron chi connectivity index (χ4n) is 2.58. The zero-order chi connectivity index (χ0) is 15.0. The van der Waals surface area contributed by atoms with Crippen molar-refractivity contribution in [2.45, 2.75) is 18.8 Å². The topological polar surface area (TPSA) is 26.3 Å². The van der Waals surface area contributed by atoms with Crippen LogP contribution in [-0.2, 0) is 0 Å². The van der Waals surface area contributed by atoms with Crippen molar-refractivity contribution in [3.8, 4) is 16.9 Å². The fraction of sp³-hybridized carbons (Fsp3) is 0.235. The van der Waals surface area contributed by atoms with Crippen LogP contribution in [-0.4, -0.2) is 13.4 Å². The monoisotopic (exact) mass is 288 g/mol. The number of aldehydes is 1. The van der Waals surface area contributed by atoms with Crippen LogP contribution < -0.4 is 4.74 Å². The van der Waals surface area contributed by atoms with E-state index >= 15 is 0 Å². The average molecular weight is 288 g/mol. The molecule has 2 aromatic carbocycles. The van der Waals surface area contributed by atoms with Crippen molar-refractivity contribution in [2.75, 3.05) is 7.11 Å². The van der Waals surface area contributed by atoms with Crippen LogP contribution in [0.25, 0.3) is 11.1 Å². The summed E-state index contributed by atoms with van der Waals surface area (Å²) in [5, 5.41) is 0. The number of carbonyl (C=O) groups excluding carboxylic acids is 1. The minimum Gasteiger partial charge on any atom is -0.496 e. The second-order valence-corrected chi connectivity index (χ2v) is 5.17. The summed E-state index contributed by atoms with van der Waals surface area (Å²) in [5.74, 6) is -0.546. The van der Waals surface area contributed by atoms with Crippen LogP contribution in [0.4, 0.5) is 8.78 Å². The van der Waals surface area contributed by atoms with Gasteiger partial charge in [0.25, 0.3) is 0 Å². The Hall–Kier alpha value is -2.23. The lowest BCUT2D eigenvalue weighted by Crippen LogP contribution is -2.02. The smallest absolute Gasteiger partial charge is 0.156 e. The van der Waals surface area contributed by atoms with E-state index in [2.05, 4.69) is 0 Å². The second-order valence-electron chi connectivity index (χ2n) is 5.17. The first-order valence-corrected chi connectivity index (χ1v) is 6.77. The molecule has 4 heteroatoms. The first-order valence-electron chi connectivity index (χ1n) is 6.77. The molecular formula is C17H14F2O2. The molecule has 1 saturated carbocycles. The van der Waals surface area contributed by atoms with Gasteiger partial charge in [0.05, 0.1) is 12.7 Å². The van der Waals surface area contributed by atoms with Crippen molar-refractivity contribution in [1.82, 2.24) is 0 Å². The summed E-state index contributed by atoms with van der Waals surface area (Å²) in [6, 6.07) is 7.55. The summed E-state index contributed by atoms with van der Waals surface area (Å²) < 4.78 is 32.8. The van der Waals surface area contributed by atoms with Gasteiger partial charge >= 0.3 is 0 Å². The van der Waals surface area contributed by atoms with Gasteiger partial charge in [-0.2, -0.15) is 0 Å². The van der Waals surface area contributed by atoms with E-state index in [9.17, 15) is 13.6 Å². The number of carbonyl (C=O) groups is 1. The van der Waals surface area contributed by atoms with E-state index in [1.54, 1.807) is 18.2 Å². The molecule has 0 spiro atoms. The summed E-state index contributed by atoms with van der Waals surface area (Å²) in [6.07, 6.45) is 2.28. The highest BCUT2D eigenvalue weighted by Gasteiger charge is 2.32. The van der Waals surface area contributed by atoms with Crippen LogP contribution >= 0.6 is 0 Å². The Morgan fingerprint density at radius 2 is 1.86 bits per heavy atom. The molecular weight excluding hydrogens is 274 g/mol. The van der Waals surface area contributed by atoms with Crippen LogP contribution in [0.1, 0.15) is 34.7 Å². The highest BCUT2D eigenvalue weighted by molar-refractivity contribution is 5.84. The molecule has 0 N–H and O–H groups in total. The molecule has 0 unspecified atom stereocenters. The van der Waals surface area contributed by atoms with E-state index in [0.717, 1.165) is 12.8 Å². The zero-order valence-electron chi connectivity index (χ0n) is 11.5. The number of rotatable bonds is 4. The van der Waals surface area contributed by atoms with Crippen molar-refractivity contribution < 1.29 is 18.3 Å². The van der Waals surface area contributed by atoms with Gasteiger partial charge in [-0.3, -0.25) is 4.79 Å². The Morgan fingerprint density at radius 3 is 2.38 bits per heavy atom. The predicted molar refractivity (Wildman–Crippen MR) is 75.7 cm³/mol. The predicted octanol–water partition coefficient (Wildman–Crippen LogP) is 4.33. The molecule has 0 atom stereocenters. The zero-order valence-corrected chi connectivity index (χ0v) is 11.5. The van der Waals surface area contributed by atoms with E-state index in [1.807, 2.05) is 0 Å². The lowest BCUT2D eigenvalue weighted by molar-refractivity contribution is 0.111. The van der Waals surface area contributed by atoms with E-state index in [0.29, 0.717) is 23.0 Å². The van der Waals surface area contributed by atoms with Crippen molar-refractivity contribution in [3.63, 3.8) is 0 Å². The van der Waals surface area contributed by atoms with E-state index in [1.165, 1.54) is 19.2 Å². The quantitative estimate of drug-likeness (QED) is 0.783. The van der Waals surface area contributed by atoms with Crippen molar-refractivity contribution in [3.05, 3.63) is 53.1 Å². The minimum atomic E-state index is -0.522. The SMILES string of the molecule is COc1cc(-c2ccc(F)cc2)c(C2CC2)c(F)c1C=O. The molecule has 108 valence electrons.